The number of aryl methyl sites for hydroxylation is 1. The van der Waals surface area contributed by atoms with Crippen LogP contribution in [0, 0.1) is 6.92 Å². The van der Waals surface area contributed by atoms with Crippen LogP contribution < -0.4 is 10.6 Å². The topological polar surface area (TPSA) is 63.1 Å². The van der Waals surface area contributed by atoms with Crippen molar-refractivity contribution in [2.24, 2.45) is 0 Å². The maximum absolute atomic E-state index is 12.5. The number of rotatable bonds is 3. The molecule has 0 unspecified atom stereocenters. The fourth-order valence-corrected chi connectivity index (χ4v) is 3.34. The Morgan fingerprint density at radius 1 is 1.20 bits per heavy atom. The lowest BCUT2D eigenvalue weighted by Gasteiger charge is -2.25. The quantitative estimate of drug-likeness (QED) is 0.773. The predicted octanol–water partition coefficient (Wildman–Crippen LogP) is 2.38. The van der Waals surface area contributed by atoms with Crippen LogP contribution >= 0.6 is 0 Å². The summed E-state index contributed by atoms with van der Waals surface area (Å²) in [5, 5.41) is 6.74. The summed E-state index contributed by atoms with van der Waals surface area (Å²) in [5.74, 6) is -0.378. The molecule has 0 bridgehead atoms. The molecule has 0 spiro atoms. The van der Waals surface area contributed by atoms with Crippen LogP contribution in [0.2, 0.25) is 0 Å². The minimum absolute atomic E-state index is 0.168. The number of fused-ring (bicyclic) bond motifs is 3. The van der Waals surface area contributed by atoms with Gasteiger partial charge in [0.05, 0.1) is 6.54 Å². The van der Waals surface area contributed by atoms with Crippen LogP contribution in [0.25, 0.3) is 10.9 Å². The molecule has 2 amide bonds. The largest absolute Gasteiger partial charge is 0.350 e. The second kappa shape index (κ2) is 6.09. The first kappa shape index (κ1) is 15.4. The van der Waals surface area contributed by atoms with Crippen molar-refractivity contribution in [1.82, 2.24) is 15.2 Å². The van der Waals surface area contributed by atoms with Crippen molar-refractivity contribution in [2.45, 2.75) is 26.1 Å². The Labute approximate surface area is 145 Å². The van der Waals surface area contributed by atoms with Gasteiger partial charge in [0.1, 0.15) is 11.7 Å². The number of carbonyl (C=O) groups is 2. The van der Waals surface area contributed by atoms with Gasteiger partial charge in [0.2, 0.25) is 5.91 Å². The average Bonchev–Trinajstić information content (AvgIpc) is 2.99. The zero-order valence-electron chi connectivity index (χ0n) is 14.0. The number of benzene rings is 2. The van der Waals surface area contributed by atoms with Crippen LogP contribution in [0.3, 0.4) is 0 Å². The first-order chi connectivity index (χ1) is 12.1. The number of nitrogens with one attached hydrogen (secondary N) is 2. The van der Waals surface area contributed by atoms with Gasteiger partial charge in [-0.2, -0.15) is 0 Å². The molecule has 0 radical (unpaired) electrons. The third-order valence-electron chi connectivity index (χ3n) is 4.58. The molecule has 5 nitrogen and oxygen atoms in total. The van der Waals surface area contributed by atoms with E-state index in [4.69, 9.17) is 0 Å². The summed E-state index contributed by atoms with van der Waals surface area (Å²) in [6.07, 6.45) is 0. The minimum atomic E-state index is -0.569. The fraction of sp³-hybridized carbons (Fsp3) is 0.200. The Balaban J connectivity index is 1.52. The van der Waals surface area contributed by atoms with Gasteiger partial charge in [-0.25, -0.2) is 0 Å². The van der Waals surface area contributed by atoms with E-state index in [1.165, 1.54) is 0 Å². The van der Waals surface area contributed by atoms with Crippen molar-refractivity contribution in [3.05, 3.63) is 71.4 Å². The third-order valence-corrected chi connectivity index (χ3v) is 4.58. The van der Waals surface area contributed by atoms with Crippen LogP contribution in [-0.4, -0.2) is 22.4 Å². The van der Waals surface area contributed by atoms with Gasteiger partial charge in [-0.3, -0.25) is 9.59 Å². The first-order valence-electron chi connectivity index (χ1n) is 8.34. The molecule has 1 atom stereocenters. The van der Waals surface area contributed by atoms with Crippen LogP contribution in [0.4, 0.5) is 0 Å². The number of amides is 2. The van der Waals surface area contributed by atoms with Gasteiger partial charge in [-0.05, 0) is 24.6 Å². The SMILES string of the molecule is Cc1cccc(CNC(=O)[C@@H]2Cn3c(cc4ccccc43)C(=O)N2)c1. The number of aromatic nitrogens is 1. The molecule has 0 aliphatic carbocycles. The highest BCUT2D eigenvalue weighted by Gasteiger charge is 2.30. The lowest BCUT2D eigenvalue weighted by Crippen LogP contribution is -2.52. The summed E-state index contributed by atoms with van der Waals surface area (Å²) >= 11 is 0. The summed E-state index contributed by atoms with van der Waals surface area (Å²) < 4.78 is 1.92. The van der Waals surface area contributed by atoms with Crippen molar-refractivity contribution in [2.75, 3.05) is 0 Å². The van der Waals surface area contributed by atoms with Gasteiger partial charge in [-0.15, -0.1) is 0 Å². The van der Waals surface area contributed by atoms with Gasteiger partial charge < -0.3 is 15.2 Å². The number of nitrogens with zero attached hydrogens (tertiary/aromatic N) is 1. The summed E-state index contributed by atoms with van der Waals surface area (Å²) in [6.45, 7) is 2.91. The lowest BCUT2D eigenvalue weighted by molar-refractivity contribution is -0.123. The molecular weight excluding hydrogens is 314 g/mol. The highest BCUT2D eigenvalue weighted by atomic mass is 16.2. The Kier molecular flexibility index (Phi) is 3.76. The van der Waals surface area contributed by atoms with Crippen LogP contribution in [0.5, 0.6) is 0 Å². The van der Waals surface area contributed by atoms with E-state index in [1.54, 1.807) is 0 Å². The molecule has 4 rings (SSSR count). The molecule has 1 aliphatic heterocycles. The average molecular weight is 333 g/mol. The molecule has 25 heavy (non-hydrogen) atoms. The highest BCUT2D eigenvalue weighted by Crippen LogP contribution is 2.22. The van der Waals surface area contributed by atoms with E-state index in [0.29, 0.717) is 18.8 Å². The molecule has 5 heteroatoms. The third kappa shape index (κ3) is 2.89. The first-order valence-corrected chi connectivity index (χ1v) is 8.34. The Bertz CT molecular complexity index is 974. The summed E-state index contributed by atoms with van der Waals surface area (Å²) in [6, 6.07) is 17.1. The molecule has 2 aromatic carbocycles. The van der Waals surface area contributed by atoms with Gasteiger partial charge in [0, 0.05) is 17.4 Å². The standard InChI is InChI=1S/C20H19N3O2/c1-13-5-4-6-14(9-13)11-21-19(24)16-12-23-17-8-3-2-7-15(17)10-18(23)20(25)22-16/h2-10,16H,11-12H2,1H3,(H,21,24)(H,22,25)/t16-/m0/s1. The van der Waals surface area contributed by atoms with Crippen molar-refractivity contribution in [3.63, 3.8) is 0 Å². The predicted molar refractivity (Wildman–Crippen MR) is 96.2 cm³/mol. The van der Waals surface area contributed by atoms with Crippen LogP contribution in [0.15, 0.2) is 54.6 Å². The summed E-state index contributed by atoms with van der Waals surface area (Å²) in [4.78, 5) is 24.9. The fourth-order valence-electron chi connectivity index (χ4n) is 3.34. The number of hydrogen-bond acceptors (Lipinski definition) is 2. The molecule has 0 fully saturated rings. The Hall–Kier alpha value is -3.08. The molecule has 1 aliphatic rings. The second-order valence-electron chi connectivity index (χ2n) is 6.43. The van der Waals surface area contributed by atoms with Crippen LogP contribution in [0.1, 0.15) is 21.6 Å². The van der Waals surface area contributed by atoms with Gasteiger partial charge in [-0.1, -0.05) is 48.0 Å². The van der Waals surface area contributed by atoms with Crippen molar-refractivity contribution in [3.8, 4) is 0 Å². The van der Waals surface area contributed by atoms with E-state index in [-0.39, 0.29) is 11.8 Å². The molecule has 2 N–H and O–H groups in total. The molecule has 2 heterocycles. The van der Waals surface area contributed by atoms with E-state index >= 15 is 0 Å². The van der Waals surface area contributed by atoms with Gasteiger partial charge >= 0.3 is 0 Å². The smallest absolute Gasteiger partial charge is 0.268 e. The lowest BCUT2D eigenvalue weighted by atomic mass is 10.1. The van der Waals surface area contributed by atoms with E-state index in [1.807, 2.05) is 66.1 Å². The zero-order valence-corrected chi connectivity index (χ0v) is 14.0. The highest BCUT2D eigenvalue weighted by molar-refractivity contribution is 6.02. The maximum atomic E-state index is 12.5. The number of hydrogen-bond donors (Lipinski definition) is 2. The minimum Gasteiger partial charge on any atom is -0.350 e. The molecule has 0 saturated heterocycles. The van der Waals surface area contributed by atoms with Gasteiger partial charge in [0.25, 0.3) is 5.91 Å². The van der Waals surface area contributed by atoms with E-state index in [9.17, 15) is 9.59 Å². The van der Waals surface area contributed by atoms with Crippen LogP contribution in [-0.2, 0) is 17.9 Å². The van der Waals surface area contributed by atoms with E-state index < -0.39 is 6.04 Å². The molecule has 0 saturated carbocycles. The summed E-state index contributed by atoms with van der Waals surface area (Å²) in [7, 11) is 0. The zero-order chi connectivity index (χ0) is 17.4. The molecule has 3 aromatic rings. The molecular formula is C20H19N3O2. The monoisotopic (exact) mass is 333 g/mol. The van der Waals surface area contributed by atoms with E-state index in [2.05, 4.69) is 10.6 Å². The van der Waals surface area contributed by atoms with Gasteiger partial charge in [0.15, 0.2) is 0 Å². The molecule has 1 aromatic heterocycles. The van der Waals surface area contributed by atoms with E-state index in [0.717, 1.165) is 22.0 Å². The second-order valence-corrected chi connectivity index (χ2v) is 6.43. The normalized spacial score (nSPS) is 16.4. The van der Waals surface area contributed by atoms with Crippen molar-refractivity contribution >= 4 is 22.7 Å². The Morgan fingerprint density at radius 2 is 2.04 bits per heavy atom. The number of para-hydroxylation sites is 1. The summed E-state index contributed by atoms with van der Waals surface area (Å²) in [5.41, 5.74) is 3.77. The Morgan fingerprint density at radius 3 is 2.88 bits per heavy atom. The van der Waals surface area contributed by atoms with Crippen molar-refractivity contribution < 1.29 is 9.59 Å². The number of carbonyl (C=O) groups excluding carboxylic acids is 2. The maximum Gasteiger partial charge on any atom is 0.268 e. The van der Waals surface area contributed by atoms with Crippen molar-refractivity contribution in [1.29, 1.82) is 0 Å². The molecule has 126 valence electrons.